The Balaban J connectivity index is 1.15. The molecular formula is C25H20N4O3S. The van der Waals surface area contributed by atoms with E-state index in [9.17, 15) is 4.79 Å². The van der Waals surface area contributed by atoms with Crippen LogP contribution in [0.5, 0.6) is 11.5 Å². The van der Waals surface area contributed by atoms with Crippen molar-refractivity contribution in [3.05, 3.63) is 84.6 Å². The number of aromatic nitrogens is 3. The number of H-pyrrole nitrogens is 1. The van der Waals surface area contributed by atoms with Gasteiger partial charge in [0, 0.05) is 22.8 Å². The number of rotatable bonds is 7. The summed E-state index contributed by atoms with van der Waals surface area (Å²) >= 11 is 1.19. The average molecular weight is 457 g/mol. The summed E-state index contributed by atoms with van der Waals surface area (Å²) in [6.45, 7) is 2.03. The van der Waals surface area contributed by atoms with Crippen LogP contribution in [0.15, 0.2) is 88.6 Å². The van der Waals surface area contributed by atoms with Crippen LogP contribution in [0.25, 0.3) is 22.4 Å². The van der Waals surface area contributed by atoms with E-state index in [1.165, 1.54) is 17.3 Å². The second-order valence-electron chi connectivity index (χ2n) is 7.40. The van der Waals surface area contributed by atoms with Crippen LogP contribution in [0.3, 0.4) is 0 Å². The van der Waals surface area contributed by atoms with Gasteiger partial charge in [-0.15, -0.1) is 10.2 Å². The number of hydrogen-bond acceptors (Lipinski definition) is 6. The Labute approximate surface area is 194 Å². The topological polar surface area (TPSA) is 93.0 Å². The summed E-state index contributed by atoms with van der Waals surface area (Å²) < 4.78 is 11.6. The summed E-state index contributed by atoms with van der Waals surface area (Å²) in [6.07, 6.45) is 1.84. The number of fused-ring (bicyclic) bond motifs is 1. The Bertz CT molecular complexity index is 1390. The lowest BCUT2D eigenvalue weighted by Gasteiger charge is -2.08. The number of ether oxygens (including phenoxy) is 1. The summed E-state index contributed by atoms with van der Waals surface area (Å²) in [4.78, 5) is 15.5. The van der Waals surface area contributed by atoms with Gasteiger partial charge in [0.1, 0.15) is 11.5 Å². The molecule has 0 fully saturated rings. The molecule has 0 atom stereocenters. The Morgan fingerprint density at radius 2 is 1.73 bits per heavy atom. The standard InChI is InChI=1S/C25H20N4O3S/c1-16-6-10-18(11-7-16)31-19-12-8-17(9-13-19)27-23(30)15-33-25-29-28-24(32-25)21-14-26-22-5-3-2-4-20(21)22/h2-14,26H,15H2,1H3,(H,27,30). The van der Waals surface area contributed by atoms with Crippen molar-refractivity contribution in [1.82, 2.24) is 15.2 Å². The number of amides is 1. The van der Waals surface area contributed by atoms with Crippen LogP contribution in [-0.4, -0.2) is 26.8 Å². The second kappa shape index (κ2) is 9.22. The van der Waals surface area contributed by atoms with Crippen LogP contribution in [0.2, 0.25) is 0 Å². The normalized spacial score (nSPS) is 10.9. The number of aromatic amines is 1. The molecule has 0 saturated carbocycles. The fourth-order valence-corrected chi connectivity index (χ4v) is 3.86. The summed E-state index contributed by atoms with van der Waals surface area (Å²) in [7, 11) is 0. The van der Waals surface area contributed by atoms with E-state index >= 15 is 0 Å². The maximum absolute atomic E-state index is 12.3. The molecule has 8 heteroatoms. The predicted molar refractivity (Wildman–Crippen MR) is 129 cm³/mol. The van der Waals surface area contributed by atoms with Crippen molar-refractivity contribution in [1.29, 1.82) is 0 Å². The number of benzene rings is 3. The zero-order valence-electron chi connectivity index (χ0n) is 17.7. The third-order valence-electron chi connectivity index (χ3n) is 4.95. The van der Waals surface area contributed by atoms with Crippen molar-refractivity contribution in [3.63, 3.8) is 0 Å². The lowest BCUT2D eigenvalue weighted by molar-refractivity contribution is -0.113. The first-order chi connectivity index (χ1) is 16.1. The number of thioether (sulfide) groups is 1. The summed E-state index contributed by atoms with van der Waals surface area (Å²) in [5, 5.41) is 12.4. The third kappa shape index (κ3) is 4.91. The maximum atomic E-state index is 12.3. The monoisotopic (exact) mass is 456 g/mol. The first kappa shape index (κ1) is 20.8. The molecule has 2 N–H and O–H groups in total. The molecule has 164 valence electrons. The van der Waals surface area contributed by atoms with Crippen molar-refractivity contribution in [2.24, 2.45) is 0 Å². The fraction of sp³-hybridized carbons (Fsp3) is 0.0800. The minimum absolute atomic E-state index is 0.150. The highest BCUT2D eigenvalue weighted by atomic mass is 32.2. The number of para-hydroxylation sites is 1. The predicted octanol–water partition coefficient (Wildman–Crippen LogP) is 6.05. The SMILES string of the molecule is Cc1ccc(Oc2ccc(NC(=O)CSc3nnc(-c4c[nH]c5ccccc45)o3)cc2)cc1. The van der Waals surface area contributed by atoms with Gasteiger partial charge in [0.2, 0.25) is 5.91 Å². The van der Waals surface area contributed by atoms with Crippen LogP contribution in [0.4, 0.5) is 5.69 Å². The molecule has 0 aliphatic carbocycles. The van der Waals surface area contributed by atoms with Gasteiger partial charge in [0.05, 0.1) is 11.3 Å². The smallest absolute Gasteiger partial charge is 0.277 e. The molecule has 0 saturated heterocycles. The first-order valence-electron chi connectivity index (χ1n) is 10.3. The number of aryl methyl sites for hydroxylation is 1. The molecule has 0 bridgehead atoms. The van der Waals surface area contributed by atoms with Crippen LogP contribution in [0.1, 0.15) is 5.56 Å². The van der Waals surface area contributed by atoms with Crippen LogP contribution >= 0.6 is 11.8 Å². The highest BCUT2D eigenvalue weighted by molar-refractivity contribution is 7.99. The molecule has 0 spiro atoms. The van der Waals surface area contributed by atoms with Gasteiger partial charge < -0.3 is 19.5 Å². The number of nitrogens with one attached hydrogen (secondary N) is 2. The molecule has 5 aromatic rings. The van der Waals surface area contributed by atoms with Gasteiger partial charge in [-0.2, -0.15) is 0 Å². The molecule has 0 aliphatic rings. The Morgan fingerprint density at radius 1 is 1.00 bits per heavy atom. The largest absolute Gasteiger partial charge is 0.457 e. The Hall–Kier alpha value is -4.04. The molecule has 0 aliphatic heterocycles. The van der Waals surface area contributed by atoms with Gasteiger partial charge in [-0.05, 0) is 49.4 Å². The lowest BCUT2D eigenvalue weighted by atomic mass is 10.2. The molecule has 0 unspecified atom stereocenters. The van der Waals surface area contributed by atoms with Crippen molar-refractivity contribution < 1.29 is 13.9 Å². The number of nitrogens with zero attached hydrogens (tertiary/aromatic N) is 2. The molecule has 0 radical (unpaired) electrons. The zero-order chi connectivity index (χ0) is 22.6. The maximum Gasteiger partial charge on any atom is 0.277 e. The van der Waals surface area contributed by atoms with E-state index in [1.54, 1.807) is 12.1 Å². The quantitative estimate of drug-likeness (QED) is 0.290. The molecule has 3 aromatic carbocycles. The van der Waals surface area contributed by atoms with Crippen LogP contribution < -0.4 is 10.1 Å². The number of carbonyl (C=O) groups is 1. The average Bonchev–Trinajstić information content (AvgIpc) is 3.47. The minimum Gasteiger partial charge on any atom is -0.457 e. The molecule has 2 heterocycles. The summed E-state index contributed by atoms with van der Waals surface area (Å²) in [5.41, 5.74) is 3.69. The fourth-order valence-electron chi connectivity index (χ4n) is 3.30. The van der Waals surface area contributed by atoms with Crippen LogP contribution in [-0.2, 0) is 4.79 Å². The van der Waals surface area contributed by atoms with Gasteiger partial charge in [-0.25, -0.2) is 0 Å². The first-order valence-corrected chi connectivity index (χ1v) is 11.3. The minimum atomic E-state index is -0.168. The van der Waals surface area contributed by atoms with E-state index in [2.05, 4.69) is 20.5 Å². The molecule has 7 nitrogen and oxygen atoms in total. The van der Waals surface area contributed by atoms with Crippen molar-refractivity contribution in [3.8, 4) is 23.0 Å². The Morgan fingerprint density at radius 3 is 2.52 bits per heavy atom. The van der Waals surface area contributed by atoms with E-state index in [4.69, 9.17) is 9.15 Å². The van der Waals surface area contributed by atoms with Gasteiger partial charge in [0.15, 0.2) is 0 Å². The van der Waals surface area contributed by atoms with Gasteiger partial charge in [-0.3, -0.25) is 4.79 Å². The molecule has 1 amide bonds. The van der Waals surface area contributed by atoms with Gasteiger partial charge in [0.25, 0.3) is 11.1 Å². The summed E-state index contributed by atoms with van der Waals surface area (Å²) in [6, 6.07) is 22.9. The van der Waals surface area contributed by atoms with E-state index in [-0.39, 0.29) is 11.7 Å². The molecule has 33 heavy (non-hydrogen) atoms. The third-order valence-corrected chi connectivity index (χ3v) is 5.77. The highest BCUT2D eigenvalue weighted by Gasteiger charge is 2.14. The van der Waals surface area contributed by atoms with Gasteiger partial charge in [-0.1, -0.05) is 47.7 Å². The zero-order valence-corrected chi connectivity index (χ0v) is 18.6. The van der Waals surface area contributed by atoms with Crippen LogP contribution in [0, 0.1) is 6.92 Å². The van der Waals surface area contributed by atoms with E-state index in [1.807, 2.05) is 73.8 Å². The lowest BCUT2D eigenvalue weighted by Crippen LogP contribution is -2.13. The molecular weight excluding hydrogens is 436 g/mol. The molecule has 5 rings (SSSR count). The van der Waals surface area contributed by atoms with Crippen molar-refractivity contribution in [2.75, 3.05) is 11.1 Å². The number of anilines is 1. The molecule has 2 aromatic heterocycles. The second-order valence-corrected chi connectivity index (χ2v) is 8.32. The number of carbonyl (C=O) groups excluding carboxylic acids is 1. The van der Waals surface area contributed by atoms with Crippen molar-refractivity contribution >= 4 is 34.3 Å². The van der Waals surface area contributed by atoms with Crippen molar-refractivity contribution in [2.45, 2.75) is 12.1 Å². The van der Waals surface area contributed by atoms with E-state index < -0.39 is 0 Å². The highest BCUT2D eigenvalue weighted by Crippen LogP contribution is 2.29. The van der Waals surface area contributed by atoms with E-state index in [0.29, 0.717) is 22.6 Å². The summed E-state index contributed by atoms with van der Waals surface area (Å²) in [5.74, 6) is 1.86. The van der Waals surface area contributed by atoms with Gasteiger partial charge >= 0.3 is 0 Å². The van der Waals surface area contributed by atoms with E-state index in [0.717, 1.165) is 22.2 Å². The number of hydrogen-bond donors (Lipinski definition) is 2. The Kier molecular flexibility index (Phi) is 5.82.